The lowest BCUT2D eigenvalue weighted by molar-refractivity contribution is 0.241. The first-order valence-corrected chi connectivity index (χ1v) is 6.49. The van der Waals surface area contributed by atoms with Gasteiger partial charge >= 0.3 is 0 Å². The van der Waals surface area contributed by atoms with E-state index in [0.29, 0.717) is 0 Å². The van der Waals surface area contributed by atoms with E-state index in [1.54, 1.807) is 0 Å². The van der Waals surface area contributed by atoms with E-state index in [9.17, 15) is 0 Å². The third-order valence-corrected chi connectivity index (χ3v) is 3.69. The van der Waals surface area contributed by atoms with Crippen molar-refractivity contribution >= 4 is 5.95 Å². The minimum atomic E-state index is 0.0453. The molecule has 5 heteroatoms. The third-order valence-electron chi connectivity index (χ3n) is 3.69. The zero-order chi connectivity index (χ0) is 12.3. The van der Waals surface area contributed by atoms with Crippen molar-refractivity contribution in [2.24, 2.45) is 0 Å². The lowest BCUT2D eigenvalue weighted by atomic mass is 9.81. The molecule has 0 amide bonds. The van der Waals surface area contributed by atoms with Crippen LogP contribution in [0.2, 0.25) is 0 Å². The second-order valence-corrected chi connectivity index (χ2v) is 4.88. The molecule has 0 saturated carbocycles. The van der Waals surface area contributed by atoms with Crippen LogP contribution in [-0.4, -0.2) is 36.3 Å². The van der Waals surface area contributed by atoms with Crippen LogP contribution in [0.15, 0.2) is 4.52 Å². The van der Waals surface area contributed by atoms with Crippen LogP contribution < -0.4 is 10.2 Å². The van der Waals surface area contributed by atoms with Crippen LogP contribution in [0.3, 0.4) is 0 Å². The number of rotatable bonds is 4. The lowest BCUT2D eigenvalue weighted by Crippen LogP contribution is -2.38. The van der Waals surface area contributed by atoms with Crippen LogP contribution in [0.4, 0.5) is 5.95 Å². The maximum absolute atomic E-state index is 5.46. The molecule has 1 N–H and O–H groups in total. The van der Waals surface area contributed by atoms with Crippen molar-refractivity contribution in [1.82, 2.24) is 15.5 Å². The number of nitrogens with one attached hydrogen (secondary N) is 1. The summed E-state index contributed by atoms with van der Waals surface area (Å²) in [5, 5.41) is 7.46. The number of piperidine rings is 1. The van der Waals surface area contributed by atoms with Crippen molar-refractivity contribution in [2.75, 3.05) is 31.1 Å². The number of nitrogens with zero attached hydrogens (tertiary/aromatic N) is 3. The van der Waals surface area contributed by atoms with Gasteiger partial charge in [0.05, 0.1) is 0 Å². The molecule has 1 aromatic heterocycles. The molecule has 0 unspecified atom stereocenters. The Kier molecular flexibility index (Phi) is 3.66. The molecule has 0 bridgehead atoms. The summed E-state index contributed by atoms with van der Waals surface area (Å²) in [6.45, 7) is 10.3. The summed E-state index contributed by atoms with van der Waals surface area (Å²) in [7, 11) is 0. The molecule has 17 heavy (non-hydrogen) atoms. The topological polar surface area (TPSA) is 54.2 Å². The number of hydrogen-bond acceptors (Lipinski definition) is 5. The minimum absolute atomic E-state index is 0.0453. The van der Waals surface area contributed by atoms with Crippen molar-refractivity contribution in [3.8, 4) is 0 Å². The van der Waals surface area contributed by atoms with Crippen LogP contribution in [0.1, 0.15) is 39.5 Å². The maximum Gasteiger partial charge on any atom is 0.266 e. The van der Waals surface area contributed by atoms with E-state index in [2.05, 4.69) is 41.1 Å². The summed E-state index contributed by atoms with van der Waals surface area (Å²) in [5.74, 6) is 1.52. The van der Waals surface area contributed by atoms with Crippen molar-refractivity contribution in [2.45, 2.75) is 39.0 Å². The molecule has 2 heterocycles. The fourth-order valence-corrected chi connectivity index (χ4v) is 2.29. The van der Waals surface area contributed by atoms with Crippen LogP contribution in [0, 0.1) is 0 Å². The Bertz CT molecular complexity index is 353. The van der Waals surface area contributed by atoms with E-state index >= 15 is 0 Å². The van der Waals surface area contributed by atoms with Gasteiger partial charge in [-0.05, 0) is 44.9 Å². The third kappa shape index (κ3) is 2.44. The van der Waals surface area contributed by atoms with E-state index in [-0.39, 0.29) is 5.41 Å². The largest absolute Gasteiger partial charge is 0.339 e. The molecular weight excluding hydrogens is 216 g/mol. The molecule has 1 saturated heterocycles. The van der Waals surface area contributed by atoms with Gasteiger partial charge in [-0.15, -0.1) is 0 Å². The van der Waals surface area contributed by atoms with E-state index < -0.39 is 0 Å². The zero-order valence-corrected chi connectivity index (χ0v) is 11.0. The molecule has 0 aromatic carbocycles. The normalized spacial score (nSPS) is 19.2. The minimum Gasteiger partial charge on any atom is -0.339 e. The Labute approximate surface area is 103 Å². The maximum atomic E-state index is 5.46. The first kappa shape index (κ1) is 12.4. The van der Waals surface area contributed by atoms with E-state index in [4.69, 9.17) is 4.52 Å². The summed E-state index contributed by atoms with van der Waals surface area (Å²) >= 11 is 0. The highest BCUT2D eigenvalue weighted by Crippen LogP contribution is 2.32. The zero-order valence-electron chi connectivity index (χ0n) is 11.0. The average molecular weight is 238 g/mol. The van der Waals surface area contributed by atoms with Crippen molar-refractivity contribution in [3.63, 3.8) is 0 Å². The van der Waals surface area contributed by atoms with E-state index in [1.807, 2.05) is 0 Å². The highest BCUT2D eigenvalue weighted by molar-refractivity contribution is 5.28. The van der Waals surface area contributed by atoms with Gasteiger partial charge in [0.25, 0.3) is 5.95 Å². The van der Waals surface area contributed by atoms with Gasteiger partial charge in [-0.2, -0.15) is 4.98 Å². The van der Waals surface area contributed by atoms with Crippen molar-refractivity contribution in [1.29, 1.82) is 0 Å². The average Bonchev–Trinajstić information content (AvgIpc) is 2.82. The quantitative estimate of drug-likeness (QED) is 0.862. The van der Waals surface area contributed by atoms with Gasteiger partial charge in [-0.1, -0.05) is 6.92 Å². The Morgan fingerprint density at radius 2 is 1.94 bits per heavy atom. The molecule has 2 rings (SSSR count). The van der Waals surface area contributed by atoms with Crippen LogP contribution >= 0.6 is 0 Å². The van der Waals surface area contributed by atoms with Crippen molar-refractivity contribution < 1.29 is 4.52 Å². The van der Waals surface area contributed by atoms with E-state index in [1.165, 1.54) is 0 Å². The summed E-state index contributed by atoms with van der Waals surface area (Å²) in [6.07, 6.45) is 2.12. The standard InChI is InChI=1S/C12H22N4O/c1-4-16(5-2)11-14-10(17-15-11)12(3)6-8-13-9-7-12/h13H,4-9H2,1-3H3. The fourth-order valence-electron chi connectivity index (χ4n) is 2.29. The molecule has 1 aromatic rings. The van der Waals surface area contributed by atoms with Gasteiger partial charge in [0, 0.05) is 18.5 Å². The van der Waals surface area contributed by atoms with E-state index in [0.717, 1.165) is 50.9 Å². The van der Waals surface area contributed by atoms with Crippen LogP contribution in [0.5, 0.6) is 0 Å². The molecule has 0 aliphatic carbocycles. The van der Waals surface area contributed by atoms with Gasteiger partial charge in [0.1, 0.15) is 0 Å². The molecule has 1 aliphatic rings. The smallest absolute Gasteiger partial charge is 0.266 e. The molecule has 1 aliphatic heterocycles. The monoisotopic (exact) mass is 238 g/mol. The number of aromatic nitrogens is 2. The Balaban J connectivity index is 2.16. The summed E-state index contributed by atoms with van der Waals surface area (Å²) in [5.41, 5.74) is 0.0453. The summed E-state index contributed by atoms with van der Waals surface area (Å²) < 4.78 is 5.46. The Morgan fingerprint density at radius 3 is 2.53 bits per heavy atom. The molecule has 5 nitrogen and oxygen atoms in total. The van der Waals surface area contributed by atoms with Gasteiger partial charge in [-0.25, -0.2) is 0 Å². The molecule has 0 radical (unpaired) electrons. The number of hydrogen-bond donors (Lipinski definition) is 1. The van der Waals surface area contributed by atoms with Crippen molar-refractivity contribution in [3.05, 3.63) is 5.89 Å². The highest BCUT2D eigenvalue weighted by atomic mass is 16.5. The molecular formula is C12H22N4O. The first-order chi connectivity index (χ1) is 8.19. The molecule has 1 fully saturated rings. The second kappa shape index (κ2) is 5.04. The Hall–Kier alpha value is -1.10. The summed E-state index contributed by atoms with van der Waals surface area (Å²) in [6, 6.07) is 0. The predicted molar refractivity (Wildman–Crippen MR) is 67.3 cm³/mol. The van der Waals surface area contributed by atoms with Crippen LogP contribution in [-0.2, 0) is 5.41 Å². The first-order valence-electron chi connectivity index (χ1n) is 6.49. The van der Waals surface area contributed by atoms with Crippen LogP contribution in [0.25, 0.3) is 0 Å². The van der Waals surface area contributed by atoms with Gasteiger partial charge in [-0.3, -0.25) is 0 Å². The molecule has 0 atom stereocenters. The van der Waals surface area contributed by atoms with Gasteiger partial charge < -0.3 is 14.7 Å². The summed E-state index contributed by atoms with van der Waals surface area (Å²) in [4.78, 5) is 6.68. The highest BCUT2D eigenvalue weighted by Gasteiger charge is 2.34. The van der Waals surface area contributed by atoms with Gasteiger partial charge in [0.15, 0.2) is 0 Å². The SMILES string of the molecule is CCN(CC)c1noc(C2(C)CCNCC2)n1. The lowest BCUT2D eigenvalue weighted by Gasteiger charge is -2.30. The number of anilines is 1. The second-order valence-electron chi connectivity index (χ2n) is 4.88. The van der Waals surface area contributed by atoms with Gasteiger partial charge in [0.2, 0.25) is 5.89 Å². The molecule has 0 spiro atoms. The fraction of sp³-hybridized carbons (Fsp3) is 0.833. The predicted octanol–water partition coefficient (Wildman–Crippen LogP) is 1.56. The Morgan fingerprint density at radius 1 is 1.29 bits per heavy atom. The molecule has 96 valence electrons.